The summed E-state index contributed by atoms with van der Waals surface area (Å²) in [6, 6.07) is 3.98. The van der Waals surface area contributed by atoms with Crippen molar-refractivity contribution in [3.05, 3.63) is 39.0 Å². The predicted molar refractivity (Wildman–Crippen MR) is 106 cm³/mol. The molecule has 0 saturated carbocycles. The zero-order chi connectivity index (χ0) is 22.1. The number of rotatable bonds is 6. The van der Waals surface area contributed by atoms with Crippen LogP contribution >= 0.6 is 15.9 Å². The summed E-state index contributed by atoms with van der Waals surface area (Å²) in [4.78, 5) is 28.3. The largest absolute Gasteiger partial charge is 0.465 e. The van der Waals surface area contributed by atoms with Crippen LogP contribution in [0.15, 0.2) is 36.6 Å². The van der Waals surface area contributed by atoms with E-state index in [9.17, 15) is 19.1 Å². The van der Waals surface area contributed by atoms with E-state index >= 15 is 0 Å². The molecule has 0 unspecified atom stereocenters. The summed E-state index contributed by atoms with van der Waals surface area (Å²) in [5.74, 6) is -1.27. The third-order valence-electron chi connectivity index (χ3n) is 4.07. The van der Waals surface area contributed by atoms with Crippen molar-refractivity contribution in [2.75, 3.05) is 18.4 Å². The number of amides is 1. The van der Waals surface area contributed by atoms with Gasteiger partial charge in [-0.2, -0.15) is 4.74 Å². The van der Waals surface area contributed by atoms with E-state index in [1.54, 1.807) is 20.8 Å². The first-order valence-electron chi connectivity index (χ1n) is 8.71. The summed E-state index contributed by atoms with van der Waals surface area (Å²) in [6.07, 6.45) is -1.06. The van der Waals surface area contributed by atoms with Crippen LogP contribution in [0.2, 0.25) is 0 Å². The quantitative estimate of drug-likeness (QED) is 0.539. The number of benzene rings is 1. The Kier molecular flexibility index (Phi) is 5.92. The molecule has 2 N–H and O–H groups in total. The highest BCUT2D eigenvalue weighted by Gasteiger charge is 2.26. The Morgan fingerprint density at radius 2 is 2.10 bits per heavy atom. The maximum absolute atomic E-state index is 13.5. The number of nitrogens with zero attached hydrogens (tertiary/aromatic N) is 5. The molecule has 3 aromatic rings. The molecule has 0 saturated heterocycles. The van der Waals surface area contributed by atoms with E-state index in [1.807, 2.05) is 0 Å². The van der Waals surface area contributed by atoms with Gasteiger partial charge in [0.15, 0.2) is 5.69 Å². The van der Waals surface area contributed by atoms with Crippen molar-refractivity contribution in [2.24, 2.45) is 0 Å². The molecule has 1 aromatic carbocycles. The summed E-state index contributed by atoms with van der Waals surface area (Å²) in [6.45, 7) is 5.67. The first-order valence-corrected chi connectivity index (χ1v) is 9.50. The lowest BCUT2D eigenvalue weighted by molar-refractivity contribution is 0.103. The summed E-state index contributed by atoms with van der Waals surface area (Å²) >= 11 is 3.07. The Morgan fingerprint density at radius 1 is 1.37 bits per heavy atom. The van der Waals surface area contributed by atoms with Crippen molar-refractivity contribution < 1.29 is 23.4 Å². The van der Waals surface area contributed by atoms with Crippen LogP contribution in [0, 0.1) is 5.82 Å². The summed E-state index contributed by atoms with van der Waals surface area (Å²) < 4.78 is 24.6. The van der Waals surface area contributed by atoms with Gasteiger partial charge in [0.25, 0.3) is 0 Å². The number of anilines is 1. The van der Waals surface area contributed by atoms with Gasteiger partial charge in [-0.1, -0.05) is 0 Å². The number of hydrogen-bond donors (Lipinski definition) is 2. The van der Waals surface area contributed by atoms with Gasteiger partial charge in [0.1, 0.15) is 5.82 Å². The van der Waals surface area contributed by atoms with Gasteiger partial charge in [0.05, 0.1) is 10.2 Å². The second-order valence-corrected chi connectivity index (χ2v) is 8.03. The van der Waals surface area contributed by atoms with Crippen molar-refractivity contribution in [1.29, 1.82) is 0 Å². The van der Waals surface area contributed by atoms with Crippen molar-refractivity contribution >= 4 is 27.8 Å². The topological polar surface area (TPSA) is 140 Å². The van der Waals surface area contributed by atoms with Crippen molar-refractivity contribution in [3.8, 4) is 17.2 Å². The molecule has 160 valence electrons. The van der Waals surface area contributed by atoms with Crippen molar-refractivity contribution in [1.82, 2.24) is 24.9 Å². The fraction of sp³-hybridized carbons (Fsp3) is 0.353. The Bertz CT molecular complexity index is 1120. The zero-order valence-electron chi connectivity index (χ0n) is 16.2. The van der Waals surface area contributed by atoms with Gasteiger partial charge >= 0.3 is 11.8 Å². The van der Waals surface area contributed by atoms with Gasteiger partial charge in [-0.15, -0.1) is 4.98 Å². The molecular formula is C17H18BrFN6O5. The third-order valence-corrected chi connectivity index (χ3v) is 4.67. The molecule has 2 heterocycles. The molecule has 11 nitrogen and oxygen atoms in total. The first-order chi connectivity index (χ1) is 14.1. The molecule has 1 amide bonds. The van der Waals surface area contributed by atoms with Crippen LogP contribution in [0.3, 0.4) is 0 Å². The molecular weight excluding hydrogens is 467 g/mol. The fourth-order valence-electron chi connectivity index (χ4n) is 2.66. The molecule has 0 aliphatic carbocycles. The number of hydrogen-bond acceptors (Lipinski definition) is 8. The maximum Gasteiger partial charge on any atom is 0.460 e. The van der Waals surface area contributed by atoms with E-state index in [1.165, 1.54) is 23.1 Å². The number of nitrogens with one attached hydrogen (secondary N) is 1. The monoisotopic (exact) mass is 484 g/mol. The third kappa shape index (κ3) is 4.50. The molecule has 0 fully saturated rings. The highest BCUT2D eigenvalue weighted by Crippen LogP contribution is 2.26. The van der Waals surface area contributed by atoms with Gasteiger partial charge in [-0.05, 0) is 65.2 Å². The van der Waals surface area contributed by atoms with E-state index in [2.05, 4.69) is 36.5 Å². The molecule has 3 rings (SSSR count). The second-order valence-electron chi connectivity index (χ2n) is 7.18. The van der Waals surface area contributed by atoms with E-state index < -0.39 is 23.2 Å². The summed E-state index contributed by atoms with van der Waals surface area (Å²) in [7, 11) is 0. The average molecular weight is 485 g/mol. The number of halogens is 2. The van der Waals surface area contributed by atoms with Gasteiger partial charge in [-0.25, -0.2) is 18.6 Å². The SMILES string of the molecule is CC(C)(C)N(CCNc1nonc1-c1nc(=O)on1-c1ccc(F)c(Br)c1)C(=O)O. The number of carbonyl (C=O) groups is 1. The van der Waals surface area contributed by atoms with Gasteiger partial charge < -0.3 is 19.8 Å². The zero-order valence-corrected chi connectivity index (χ0v) is 17.8. The van der Waals surface area contributed by atoms with Crippen LogP contribution in [-0.2, 0) is 0 Å². The summed E-state index contributed by atoms with van der Waals surface area (Å²) in [5.41, 5.74) is -0.216. The number of aromatic nitrogens is 4. The Balaban J connectivity index is 1.86. The van der Waals surface area contributed by atoms with Crippen LogP contribution in [-0.4, -0.2) is 54.8 Å². The van der Waals surface area contributed by atoms with Crippen LogP contribution in [0.4, 0.5) is 15.0 Å². The summed E-state index contributed by atoms with van der Waals surface area (Å²) in [5, 5.41) is 19.8. The smallest absolute Gasteiger partial charge is 0.460 e. The Morgan fingerprint density at radius 3 is 2.73 bits per heavy atom. The highest BCUT2D eigenvalue weighted by molar-refractivity contribution is 9.10. The second kappa shape index (κ2) is 8.26. The standard InChI is InChI=1S/C17H18BrFN6O5/c1-17(2,3)24(16(27)28)7-6-20-13-12(22-30-23-13)14-21-15(26)29-25(14)9-4-5-11(19)10(18)8-9/h4-5,8H,6-7H2,1-3H3,(H,20,23)(H,27,28). The van der Waals surface area contributed by atoms with E-state index in [4.69, 9.17) is 9.15 Å². The van der Waals surface area contributed by atoms with Gasteiger partial charge in [0, 0.05) is 18.6 Å². The molecule has 0 radical (unpaired) electrons. The lowest BCUT2D eigenvalue weighted by Gasteiger charge is -2.33. The van der Waals surface area contributed by atoms with Crippen molar-refractivity contribution in [3.63, 3.8) is 0 Å². The highest BCUT2D eigenvalue weighted by atomic mass is 79.9. The molecule has 13 heteroatoms. The maximum atomic E-state index is 13.5. The van der Waals surface area contributed by atoms with E-state index in [0.717, 1.165) is 4.74 Å². The normalized spacial score (nSPS) is 11.5. The van der Waals surface area contributed by atoms with Crippen LogP contribution in [0.25, 0.3) is 17.2 Å². The lowest BCUT2D eigenvalue weighted by atomic mass is 10.1. The van der Waals surface area contributed by atoms with Gasteiger partial charge in [0.2, 0.25) is 11.6 Å². The molecule has 0 aliphatic heterocycles. The fourth-order valence-corrected chi connectivity index (χ4v) is 3.03. The van der Waals surface area contributed by atoms with Gasteiger partial charge in [-0.3, -0.25) is 0 Å². The lowest BCUT2D eigenvalue weighted by Crippen LogP contribution is -2.47. The predicted octanol–water partition coefficient (Wildman–Crippen LogP) is 2.97. The van der Waals surface area contributed by atoms with E-state index in [0.29, 0.717) is 5.69 Å². The molecule has 30 heavy (non-hydrogen) atoms. The minimum absolute atomic E-state index is 0.0202. The Labute approximate surface area is 177 Å². The molecule has 0 aliphatic rings. The average Bonchev–Trinajstić information content (AvgIpc) is 3.25. The van der Waals surface area contributed by atoms with Crippen LogP contribution in [0.1, 0.15) is 20.8 Å². The first kappa shape index (κ1) is 21.5. The molecule has 0 atom stereocenters. The Hall–Kier alpha value is -3.22. The molecule has 0 spiro atoms. The van der Waals surface area contributed by atoms with Crippen LogP contribution < -0.4 is 11.1 Å². The van der Waals surface area contributed by atoms with Crippen LogP contribution in [0.5, 0.6) is 0 Å². The number of carboxylic acid groups (broad SMARTS) is 1. The minimum Gasteiger partial charge on any atom is -0.465 e. The molecule has 2 aromatic heterocycles. The van der Waals surface area contributed by atoms with E-state index in [-0.39, 0.29) is 34.9 Å². The molecule has 0 bridgehead atoms. The minimum atomic E-state index is -1.06. The van der Waals surface area contributed by atoms with Crippen molar-refractivity contribution in [2.45, 2.75) is 26.3 Å².